The second-order valence-corrected chi connectivity index (χ2v) is 7.30. The number of aliphatic hydroxyl groups is 1. The molecule has 2 N–H and O–H groups in total. The molecule has 1 aliphatic rings. The number of nitrogens with zero attached hydrogens (tertiary/aromatic N) is 1. The van der Waals surface area contributed by atoms with Crippen molar-refractivity contribution < 1.29 is 5.11 Å². The zero-order valence-corrected chi connectivity index (χ0v) is 13.9. The lowest BCUT2D eigenvalue weighted by molar-refractivity contribution is 0.110. The van der Waals surface area contributed by atoms with Gasteiger partial charge in [-0.25, -0.2) is 0 Å². The molecule has 0 saturated carbocycles. The van der Waals surface area contributed by atoms with Crippen LogP contribution in [-0.2, 0) is 6.54 Å². The van der Waals surface area contributed by atoms with Crippen LogP contribution in [0.2, 0.25) is 0 Å². The maximum absolute atomic E-state index is 9.73. The van der Waals surface area contributed by atoms with Crippen molar-refractivity contribution in [1.29, 1.82) is 0 Å². The summed E-state index contributed by atoms with van der Waals surface area (Å²) in [5.41, 5.74) is 2.84. The molecule has 0 aromatic heterocycles. The average Bonchev–Trinajstić information content (AvgIpc) is 2.45. The average molecular weight is 290 g/mol. The van der Waals surface area contributed by atoms with Gasteiger partial charge in [-0.3, -0.25) is 0 Å². The van der Waals surface area contributed by atoms with Crippen molar-refractivity contribution in [2.45, 2.75) is 58.7 Å². The van der Waals surface area contributed by atoms with Crippen LogP contribution in [0.5, 0.6) is 0 Å². The smallest absolute Gasteiger partial charge is 0.0541 e. The van der Waals surface area contributed by atoms with Crippen LogP contribution in [0.25, 0.3) is 0 Å². The zero-order valence-electron chi connectivity index (χ0n) is 13.9. The van der Waals surface area contributed by atoms with Gasteiger partial charge in [0.1, 0.15) is 0 Å². The van der Waals surface area contributed by atoms with Gasteiger partial charge in [0.25, 0.3) is 0 Å². The monoisotopic (exact) mass is 290 g/mol. The highest BCUT2D eigenvalue weighted by Gasteiger charge is 2.23. The fourth-order valence-electron chi connectivity index (χ4n) is 2.95. The third-order valence-corrected chi connectivity index (χ3v) is 4.36. The molecule has 0 radical (unpaired) electrons. The minimum absolute atomic E-state index is 0.131. The molecule has 1 aromatic rings. The quantitative estimate of drug-likeness (QED) is 0.894. The Hall–Kier alpha value is -1.06. The van der Waals surface area contributed by atoms with E-state index in [9.17, 15) is 5.11 Å². The van der Waals surface area contributed by atoms with Gasteiger partial charge in [-0.05, 0) is 58.1 Å². The first-order chi connectivity index (χ1) is 9.87. The topological polar surface area (TPSA) is 35.5 Å². The Morgan fingerprint density at radius 1 is 1.24 bits per heavy atom. The summed E-state index contributed by atoms with van der Waals surface area (Å²) < 4.78 is 0. The highest BCUT2D eigenvalue weighted by atomic mass is 16.3. The number of hydrogen-bond acceptors (Lipinski definition) is 3. The lowest BCUT2D eigenvalue weighted by Crippen LogP contribution is -2.39. The molecular formula is C18H30N2O. The van der Waals surface area contributed by atoms with E-state index in [1.807, 2.05) is 6.92 Å². The van der Waals surface area contributed by atoms with Gasteiger partial charge in [-0.2, -0.15) is 0 Å². The predicted molar refractivity (Wildman–Crippen MR) is 89.7 cm³/mol. The molecule has 1 fully saturated rings. The second-order valence-electron chi connectivity index (χ2n) is 7.30. The highest BCUT2D eigenvalue weighted by Crippen LogP contribution is 2.28. The van der Waals surface area contributed by atoms with Crippen molar-refractivity contribution in [2.75, 3.05) is 18.0 Å². The third-order valence-electron chi connectivity index (χ3n) is 4.36. The van der Waals surface area contributed by atoms with E-state index in [-0.39, 0.29) is 11.6 Å². The van der Waals surface area contributed by atoms with E-state index in [1.165, 1.54) is 11.3 Å². The first-order valence-electron chi connectivity index (χ1n) is 8.13. The molecule has 3 heteroatoms. The van der Waals surface area contributed by atoms with E-state index >= 15 is 0 Å². The van der Waals surface area contributed by atoms with Gasteiger partial charge in [-0.1, -0.05) is 18.2 Å². The van der Waals surface area contributed by atoms with Gasteiger partial charge < -0.3 is 15.3 Å². The fourth-order valence-corrected chi connectivity index (χ4v) is 2.95. The van der Waals surface area contributed by atoms with Crippen LogP contribution in [-0.4, -0.2) is 29.8 Å². The number of rotatable bonds is 4. The molecule has 2 rings (SSSR count). The molecule has 1 aromatic carbocycles. The number of aliphatic hydroxyl groups excluding tert-OH is 1. The third kappa shape index (κ3) is 4.72. The Morgan fingerprint density at radius 3 is 2.43 bits per heavy atom. The number of nitrogens with one attached hydrogen (secondary N) is 1. The lowest BCUT2D eigenvalue weighted by atomic mass is 9.91. The van der Waals surface area contributed by atoms with E-state index in [1.54, 1.807) is 0 Å². The molecule has 3 nitrogen and oxygen atoms in total. The number of anilines is 1. The van der Waals surface area contributed by atoms with E-state index < -0.39 is 0 Å². The van der Waals surface area contributed by atoms with Crippen molar-refractivity contribution >= 4 is 5.69 Å². The zero-order chi connectivity index (χ0) is 15.5. The van der Waals surface area contributed by atoms with Crippen LogP contribution in [0, 0.1) is 5.92 Å². The van der Waals surface area contributed by atoms with Crippen LogP contribution in [0.4, 0.5) is 5.69 Å². The lowest BCUT2D eigenvalue weighted by Gasteiger charge is -2.36. The van der Waals surface area contributed by atoms with Crippen molar-refractivity contribution in [1.82, 2.24) is 5.32 Å². The Morgan fingerprint density at radius 2 is 1.86 bits per heavy atom. The molecular weight excluding hydrogens is 260 g/mol. The van der Waals surface area contributed by atoms with Crippen molar-refractivity contribution in [3.63, 3.8) is 0 Å². The molecule has 0 bridgehead atoms. The molecule has 118 valence electrons. The number of para-hydroxylation sites is 1. The highest BCUT2D eigenvalue weighted by molar-refractivity contribution is 5.54. The summed E-state index contributed by atoms with van der Waals surface area (Å²) in [6, 6.07) is 8.68. The summed E-state index contributed by atoms with van der Waals surface area (Å²) in [6.45, 7) is 11.5. The van der Waals surface area contributed by atoms with Crippen molar-refractivity contribution in [3.8, 4) is 0 Å². The molecule has 21 heavy (non-hydrogen) atoms. The number of hydrogen-bond donors (Lipinski definition) is 2. The van der Waals surface area contributed by atoms with E-state index in [4.69, 9.17) is 0 Å². The normalized spacial score (nSPS) is 18.8. The summed E-state index contributed by atoms with van der Waals surface area (Å²) in [5, 5.41) is 13.3. The summed E-state index contributed by atoms with van der Waals surface area (Å²) in [5.74, 6) is 0.459. The predicted octanol–water partition coefficient (Wildman–Crippen LogP) is 3.17. The summed E-state index contributed by atoms with van der Waals surface area (Å²) in [7, 11) is 0. The van der Waals surface area contributed by atoms with Gasteiger partial charge in [0.2, 0.25) is 0 Å². The van der Waals surface area contributed by atoms with Crippen LogP contribution in [0.3, 0.4) is 0 Å². The Labute approximate surface area is 129 Å². The van der Waals surface area contributed by atoms with Crippen LogP contribution in [0.1, 0.15) is 46.1 Å². The van der Waals surface area contributed by atoms with Crippen molar-refractivity contribution in [3.05, 3.63) is 29.8 Å². The van der Waals surface area contributed by atoms with Crippen molar-refractivity contribution in [2.24, 2.45) is 5.92 Å². The van der Waals surface area contributed by atoms with Gasteiger partial charge in [0, 0.05) is 30.9 Å². The summed E-state index contributed by atoms with van der Waals surface area (Å²) >= 11 is 0. The van der Waals surface area contributed by atoms with Gasteiger partial charge in [0.05, 0.1) is 6.10 Å². The van der Waals surface area contributed by atoms with Crippen LogP contribution >= 0.6 is 0 Å². The Bertz CT molecular complexity index is 443. The van der Waals surface area contributed by atoms with Gasteiger partial charge >= 0.3 is 0 Å². The molecule has 0 amide bonds. The second kappa shape index (κ2) is 6.80. The maximum atomic E-state index is 9.73. The first kappa shape index (κ1) is 16.3. The van der Waals surface area contributed by atoms with Gasteiger partial charge in [-0.15, -0.1) is 0 Å². The number of benzene rings is 1. The molecule has 1 aliphatic heterocycles. The summed E-state index contributed by atoms with van der Waals surface area (Å²) in [6.07, 6.45) is 1.99. The largest absolute Gasteiger partial charge is 0.393 e. The molecule has 0 spiro atoms. The maximum Gasteiger partial charge on any atom is 0.0541 e. The Kier molecular flexibility index (Phi) is 5.28. The first-order valence-corrected chi connectivity index (χ1v) is 8.13. The number of piperidine rings is 1. The van der Waals surface area contributed by atoms with Crippen LogP contribution in [0.15, 0.2) is 24.3 Å². The van der Waals surface area contributed by atoms with Crippen LogP contribution < -0.4 is 10.2 Å². The molecule has 0 aliphatic carbocycles. The van der Waals surface area contributed by atoms with E-state index in [0.717, 1.165) is 32.5 Å². The van der Waals surface area contributed by atoms with Gasteiger partial charge in [0.15, 0.2) is 0 Å². The SMILES string of the molecule is CC(O)C1CCN(c2ccccc2CNC(C)(C)C)CC1. The molecule has 1 saturated heterocycles. The Balaban J connectivity index is 2.03. The van der Waals surface area contributed by atoms with E-state index in [2.05, 4.69) is 55.3 Å². The standard InChI is InChI=1S/C18H30N2O/c1-14(21)15-9-11-20(12-10-15)17-8-6-5-7-16(17)13-19-18(2,3)4/h5-8,14-15,19,21H,9-13H2,1-4H3. The molecule has 1 atom stereocenters. The fraction of sp³-hybridized carbons (Fsp3) is 0.667. The summed E-state index contributed by atoms with van der Waals surface area (Å²) in [4.78, 5) is 2.47. The minimum atomic E-state index is -0.176. The minimum Gasteiger partial charge on any atom is -0.393 e. The molecule has 1 unspecified atom stereocenters. The van der Waals surface area contributed by atoms with E-state index in [0.29, 0.717) is 5.92 Å². The molecule has 1 heterocycles.